The summed E-state index contributed by atoms with van der Waals surface area (Å²) in [4.78, 5) is 4.58. The molecule has 1 aliphatic heterocycles. The van der Waals surface area contributed by atoms with Crippen LogP contribution >= 0.6 is 0 Å². The highest BCUT2D eigenvalue weighted by molar-refractivity contribution is 5.79. The van der Waals surface area contributed by atoms with E-state index in [0.717, 1.165) is 35.1 Å². The number of nitrogens with zero attached hydrogens (tertiary/aromatic N) is 2. The summed E-state index contributed by atoms with van der Waals surface area (Å²) in [6.07, 6.45) is 0. The number of hydrogen-bond acceptors (Lipinski definition) is 4. The molecule has 128 valence electrons. The predicted octanol–water partition coefficient (Wildman–Crippen LogP) is 2.54. The highest BCUT2D eigenvalue weighted by Crippen LogP contribution is 2.32. The van der Waals surface area contributed by atoms with Crippen LogP contribution in [-0.2, 0) is 13.1 Å². The zero-order valence-electron chi connectivity index (χ0n) is 14.1. The van der Waals surface area contributed by atoms with Crippen LogP contribution < -0.4 is 20.1 Å². The molecule has 6 nitrogen and oxygen atoms in total. The molecule has 0 radical (unpaired) electrons. The minimum Gasteiger partial charge on any atom is -0.454 e. The number of aliphatic imine (C=N–C) groups is 1. The van der Waals surface area contributed by atoms with Gasteiger partial charge in [0.05, 0.1) is 18.2 Å². The molecule has 25 heavy (non-hydrogen) atoms. The van der Waals surface area contributed by atoms with Gasteiger partial charge in [-0.25, -0.2) is 4.99 Å². The zero-order valence-corrected chi connectivity index (χ0v) is 14.1. The lowest BCUT2D eigenvalue weighted by atomic mass is 10.1. The van der Waals surface area contributed by atoms with Crippen LogP contribution in [0.3, 0.4) is 0 Å². The minimum absolute atomic E-state index is 0.276. The first-order valence-electron chi connectivity index (χ1n) is 8.18. The summed E-state index contributed by atoms with van der Waals surface area (Å²) in [6.45, 7) is 4.20. The van der Waals surface area contributed by atoms with Crippen LogP contribution in [0.25, 0.3) is 0 Å². The zero-order chi connectivity index (χ0) is 17.5. The fourth-order valence-corrected chi connectivity index (χ4v) is 2.49. The van der Waals surface area contributed by atoms with Gasteiger partial charge in [0.25, 0.3) is 0 Å². The number of fused-ring (bicyclic) bond motifs is 1. The van der Waals surface area contributed by atoms with Gasteiger partial charge < -0.3 is 20.1 Å². The lowest BCUT2D eigenvalue weighted by molar-refractivity contribution is 0.174. The maximum atomic E-state index is 8.97. The molecule has 2 aromatic carbocycles. The third-order valence-corrected chi connectivity index (χ3v) is 3.72. The molecule has 0 aliphatic carbocycles. The fraction of sp³-hybridized carbons (Fsp3) is 0.263. The molecule has 0 atom stereocenters. The van der Waals surface area contributed by atoms with E-state index in [9.17, 15) is 0 Å². The Labute approximate surface area is 147 Å². The smallest absolute Gasteiger partial charge is 0.231 e. The van der Waals surface area contributed by atoms with Gasteiger partial charge in [-0.15, -0.1) is 0 Å². The average Bonchev–Trinajstić information content (AvgIpc) is 3.12. The van der Waals surface area contributed by atoms with E-state index < -0.39 is 0 Å². The molecule has 2 aromatic rings. The Morgan fingerprint density at radius 3 is 2.84 bits per heavy atom. The molecule has 0 aromatic heterocycles. The second kappa shape index (κ2) is 8.06. The maximum absolute atomic E-state index is 8.97. The van der Waals surface area contributed by atoms with Gasteiger partial charge in [-0.1, -0.05) is 18.2 Å². The summed E-state index contributed by atoms with van der Waals surface area (Å²) in [7, 11) is 0. The van der Waals surface area contributed by atoms with E-state index in [0.29, 0.717) is 18.7 Å². The Bertz CT molecular complexity index is 811. The van der Waals surface area contributed by atoms with E-state index in [1.807, 2.05) is 43.3 Å². The number of ether oxygens (including phenoxy) is 2. The first-order chi connectivity index (χ1) is 12.3. The van der Waals surface area contributed by atoms with E-state index in [-0.39, 0.29) is 6.79 Å². The highest BCUT2D eigenvalue weighted by atomic mass is 16.7. The molecule has 0 fully saturated rings. The molecule has 0 saturated heterocycles. The van der Waals surface area contributed by atoms with Crippen molar-refractivity contribution in [1.29, 1.82) is 5.26 Å². The number of guanidine groups is 1. The molecule has 6 heteroatoms. The van der Waals surface area contributed by atoms with Gasteiger partial charge in [0.2, 0.25) is 6.79 Å². The summed E-state index contributed by atoms with van der Waals surface area (Å²) in [6, 6.07) is 15.5. The van der Waals surface area contributed by atoms with E-state index in [1.165, 1.54) is 0 Å². The Kier molecular flexibility index (Phi) is 5.37. The Morgan fingerprint density at radius 1 is 1.12 bits per heavy atom. The van der Waals surface area contributed by atoms with Gasteiger partial charge in [0.1, 0.15) is 0 Å². The quantitative estimate of drug-likeness (QED) is 0.648. The first-order valence-corrected chi connectivity index (χ1v) is 8.18. The van der Waals surface area contributed by atoms with Crippen molar-refractivity contribution in [2.75, 3.05) is 13.3 Å². The normalized spacial score (nSPS) is 12.6. The van der Waals surface area contributed by atoms with Crippen LogP contribution in [0.1, 0.15) is 23.6 Å². The summed E-state index contributed by atoms with van der Waals surface area (Å²) in [5.41, 5.74) is 2.73. The highest BCUT2D eigenvalue weighted by Gasteiger charge is 2.13. The minimum atomic E-state index is 0.276. The Balaban J connectivity index is 1.63. The van der Waals surface area contributed by atoms with Crippen LogP contribution in [0.2, 0.25) is 0 Å². The van der Waals surface area contributed by atoms with Crippen molar-refractivity contribution in [1.82, 2.24) is 10.6 Å². The van der Waals surface area contributed by atoms with Crippen LogP contribution in [0.4, 0.5) is 0 Å². The largest absolute Gasteiger partial charge is 0.454 e. The van der Waals surface area contributed by atoms with Crippen molar-refractivity contribution in [3.05, 3.63) is 59.2 Å². The number of nitriles is 1. The van der Waals surface area contributed by atoms with E-state index in [4.69, 9.17) is 14.7 Å². The Hall–Kier alpha value is -3.20. The van der Waals surface area contributed by atoms with Crippen molar-refractivity contribution >= 4 is 5.96 Å². The fourth-order valence-electron chi connectivity index (χ4n) is 2.49. The molecular formula is C19H20N4O2. The summed E-state index contributed by atoms with van der Waals surface area (Å²) >= 11 is 0. The molecule has 2 N–H and O–H groups in total. The summed E-state index contributed by atoms with van der Waals surface area (Å²) < 4.78 is 10.7. The second-order valence-electron chi connectivity index (χ2n) is 5.55. The second-order valence-corrected chi connectivity index (χ2v) is 5.55. The van der Waals surface area contributed by atoms with Gasteiger partial charge in [-0.2, -0.15) is 5.26 Å². The van der Waals surface area contributed by atoms with E-state index in [2.05, 4.69) is 21.7 Å². The number of rotatable bonds is 5. The average molecular weight is 336 g/mol. The molecule has 1 heterocycles. The molecule has 0 spiro atoms. The van der Waals surface area contributed by atoms with Crippen molar-refractivity contribution < 1.29 is 9.47 Å². The third-order valence-electron chi connectivity index (χ3n) is 3.72. The topological polar surface area (TPSA) is 78.7 Å². The van der Waals surface area contributed by atoms with Gasteiger partial charge >= 0.3 is 0 Å². The van der Waals surface area contributed by atoms with Gasteiger partial charge in [0, 0.05) is 13.1 Å². The lowest BCUT2D eigenvalue weighted by Crippen LogP contribution is -2.36. The lowest BCUT2D eigenvalue weighted by Gasteiger charge is -2.12. The molecule has 3 rings (SSSR count). The molecule has 0 unspecified atom stereocenters. The predicted molar refractivity (Wildman–Crippen MR) is 95.4 cm³/mol. The first kappa shape index (κ1) is 16.7. The van der Waals surface area contributed by atoms with Crippen LogP contribution in [0, 0.1) is 11.3 Å². The van der Waals surface area contributed by atoms with Gasteiger partial charge in [-0.3, -0.25) is 0 Å². The molecule has 0 amide bonds. The molecule has 0 bridgehead atoms. The van der Waals surface area contributed by atoms with Crippen molar-refractivity contribution in [3.63, 3.8) is 0 Å². The molecule has 1 aliphatic rings. The van der Waals surface area contributed by atoms with Crippen molar-refractivity contribution in [2.24, 2.45) is 4.99 Å². The number of hydrogen-bond donors (Lipinski definition) is 2. The number of nitrogens with one attached hydrogen (secondary N) is 2. The molecule has 0 saturated carbocycles. The summed E-state index contributed by atoms with van der Waals surface area (Å²) in [5, 5.41) is 15.5. The van der Waals surface area contributed by atoms with Gasteiger partial charge in [0.15, 0.2) is 17.5 Å². The van der Waals surface area contributed by atoms with Gasteiger partial charge in [-0.05, 0) is 42.3 Å². The SMILES string of the molecule is CCNC(=NCc1cccc(C#N)c1)NCc1ccc2c(c1)OCO2. The van der Waals surface area contributed by atoms with Crippen molar-refractivity contribution in [3.8, 4) is 17.6 Å². The monoisotopic (exact) mass is 336 g/mol. The van der Waals surface area contributed by atoms with E-state index >= 15 is 0 Å². The standard InChI is InChI=1S/C19H20N4O2/c1-2-21-19(22-11-15-5-3-4-14(8-15)10-20)23-12-16-6-7-17-18(9-16)25-13-24-17/h3-9H,2,11-13H2,1H3,(H2,21,22,23). The maximum Gasteiger partial charge on any atom is 0.231 e. The van der Waals surface area contributed by atoms with Crippen LogP contribution in [0.15, 0.2) is 47.5 Å². The van der Waals surface area contributed by atoms with E-state index in [1.54, 1.807) is 6.07 Å². The third kappa shape index (κ3) is 4.42. The Morgan fingerprint density at radius 2 is 2.00 bits per heavy atom. The van der Waals surface area contributed by atoms with Crippen LogP contribution in [-0.4, -0.2) is 19.3 Å². The number of benzene rings is 2. The molecular weight excluding hydrogens is 316 g/mol. The summed E-state index contributed by atoms with van der Waals surface area (Å²) in [5.74, 6) is 2.28. The van der Waals surface area contributed by atoms with Crippen LogP contribution in [0.5, 0.6) is 11.5 Å². The van der Waals surface area contributed by atoms with Crippen molar-refractivity contribution in [2.45, 2.75) is 20.0 Å².